The second-order valence-corrected chi connectivity index (χ2v) is 5.66. The molecule has 114 valence electrons. The van der Waals surface area contributed by atoms with Crippen LogP contribution in [0.2, 0.25) is 0 Å². The van der Waals surface area contributed by atoms with Crippen molar-refractivity contribution in [1.82, 2.24) is 0 Å². The van der Waals surface area contributed by atoms with Gasteiger partial charge in [0.25, 0.3) is 0 Å². The van der Waals surface area contributed by atoms with Gasteiger partial charge in [-0.05, 0) is 51.9 Å². The highest BCUT2D eigenvalue weighted by molar-refractivity contribution is 6.13. The van der Waals surface area contributed by atoms with E-state index in [1.165, 1.54) is 0 Å². The molecule has 2 heterocycles. The van der Waals surface area contributed by atoms with Gasteiger partial charge in [-0.1, -0.05) is 6.07 Å². The molecule has 6 nitrogen and oxygen atoms in total. The lowest BCUT2D eigenvalue weighted by atomic mass is 9.99. The lowest BCUT2D eigenvalue weighted by Crippen LogP contribution is -1.94. The predicted octanol–water partition coefficient (Wildman–Crippen LogP) is 1.80. The molecule has 0 saturated heterocycles. The smallest absolute Gasteiger partial charge is 0.347 e. The number of furan rings is 2. The van der Waals surface area contributed by atoms with Gasteiger partial charge >= 0.3 is 22.5 Å². The molecule has 0 amide bonds. The average Bonchev–Trinajstić information content (AvgIpc) is 3.00. The highest BCUT2D eigenvalue weighted by Crippen LogP contribution is 2.28. The monoisotopic (exact) mass is 318 g/mol. The molecule has 0 saturated carbocycles. The van der Waals surface area contributed by atoms with Crippen LogP contribution in [0.25, 0.3) is 43.1 Å². The van der Waals surface area contributed by atoms with Crippen molar-refractivity contribution < 1.29 is 8.83 Å². The summed E-state index contributed by atoms with van der Waals surface area (Å²) in [5.41, 5.74) is -2.71. The zero-order valence-electron chi connectivity index (χ0n) is 11.9. The first kappa shape index (κ1) is 13.0. The SMILES string of the molecule is O=c1oc(=O)c2cc3cc4c(ccc5c(=O)oc(=O)c54)cc3cc12. The van der Waals surface area contributed by atoms with E-state index in [0.29, 0.717) is 10.8 Å². The Labute approximate surface area is 130 Å². The summed E-state index contributed by atoms with van der Waals surface area (Å²) in [5.74, 6) is 0. The maximum atomic E-state index is 11.9. The van der Waals surface area contributed by atoms with Gasteiger partial charge in [0.1, 0.15) is 0 Å². The van der Waals surface area contributed by atoms with Crippen molar-refractivity contribution in [3.8, 4) is 0 Å². The molecule has 0 atom stereocenters. The van der Waals surface area contributed by atoms with E-state index in [-0.39, 0.29) is 21.5 Å². The summed E-state index contributed by atoms with van der Waals surface area (Å²) < 4.78 is 9.27. The Balaban J connectivity index is 2.07. The second kappa shape index (κ2) is 4.05. The summed E-state index contributed by atoms with van der Waals surface area (Å²) in [5, 5.41) is 3.54. The van der Waals surface area contributed by atoms with Crippen molar-refractivity contribution in [2.75, 3.05) is 0 Å². The van der Waals surface area contributed by atoms with Crippen molar-refractivity contribution in [2.45, 2.75) is 0 Å². The van der Waals surface area contributed by atoms with E-state index in [9.17, 15) is 19.2 Å². The number of hydrogen-bond donors (Lipinski definition) is 0. The van der Waals surface area contributed by atoms with E-state index in [1.54, 1.807) is 36.4 Å². The molecule has 0 spiro atoms. The molecule has 0 fully saturated rings. The number of fused-ring (bicyclic) bond motifs is 5. The molecule has 0 aliphatic heterocycles. The lowest BCUT2D eigenvalue weighted by molar-refractivity contribution is 0.499. The molecule has 5 rings (SSSR count). The fraction of sp³-hybridized carbons (Fsp3) is 0. The Morgan fingerprint density at radius 3 is 1.75 bits per heavy atom. The maximum absolute atomic E-state index is 11.9. The van der Waals surface area contributed by atoms with Gasteiger partial charge in [0.2, 0.25) is 0 Å². The van der Waals surface area contributed by atoms with Crippen LogP contribution >= 0.6 is 0 Å². The van der Waals surface area contributed by atoms with E-state index in [2.05, 4.69) is 8.83 Å². The number of rotatable bonds is 0. The molecule has 0 unspecified atom stereocenters. The first-order chi connectivity index (χ1) is 11.5. The third-order valence-corrected chi connectivity index (χ3v) is 4.35. The van der Waals surface area contributed by atoms with Crippen LogP contribution in [0.4, 0.5) is 0 Å². The van der Waals surface area contributed by atoms with Crippen LogP contribution in [-0.2, 0) is 0 Å². The molecule has 3 aromatic carbocycles. The van der Waals surface area contributed by atoms with Gasteiger partial charge < -0.3 is 8.83 Å². The first-order valence-electron chi connectivity index (χ1n) is 7.10. The molecule has 2 aromatic heterocycles. The molecular formula is C18H6O6. The van der Waals surface area contributed by atoms with Gasteiger partial charge in [-0.15, -0.1) is 0 Å². The highest BCUT2D eigenvalue weighted by Gasteiger charge is 2.14. The van der Waals surface area contributed by atoms with Gasteiger partial charge in [-0.3, -0.25) is 0 Å². The first-order valence-corrected chi connectivity index (χ1v) is 7.10. The number of benzene rings is 3. The third kappa shape index (κ3) is 1.49. The number of hydrogen-bond acceptors (Lipinski definition) is 6. The molecule has 0 bridgehead atoms. The molecule has 0 aliphatic carbocycles. The van der Waals surface area contributed by atoms with Gasteiger partial charge in [-0.2, -0.15) is 0 Å². The van der Waals surface area contributed by atoms with Crippen molar-refractivity contribution >= 4 is 43.1 Å². The van der Waals surface area contributed by atoms with Crippen LogP contribution in [0.1, 0.15) is 0 Å². The van der Waals surface area contributed by atoms with Gasteiger partial charge in [0.05, 0.1) is 21.5 Å². The van der Waals surface area contributed by atoms with Gasteiger partial charge in [-0.25, -0.2) is 19.2 Å². The normalized spacial score (nSPS) is 12.0. The molecule has 0 aliphatic rings. The fourth-order valence-electron chi connectivity index (χ4n) is 3.24. The van der Waals surface area contributed by atoms with Crippen molar-refractivity contribution in [2.24, 2.45) is 0 Å². The fourth-order valence-corrected chi connectivity index (χ4v) is 3.24. The zero-order valence-corrected chi connectivity index (χ0v) is 11.9. The van der Waals surface area contributed by atoms with Gasteiger partial charge in [0, 0.05) is 0 Å². The summed E-state index contributed by atoms with van der Waals surface area (Å²) in [7, 11) is 0. The van der Waals surface area contributed by atoms with Crippen LogP contribution in [0.5, 0.6) is 0 Å². The zero-order chi connectivity index (χ0) is 16.6. The summed E-state index contributed by atoms with van der Waals surface area (Å²) in [4.78, 5) is 47.0. The largest absolute Gasteiger partial charge is 0.386 e. The Bertz CT molecular complexity index is 1510. The Morgan fingerprint density at radius 2 is 1.04 bits per heavy atom. The maximum Gasteiger partial charge on any atom is 0.347 e. The predicted molar refractivity (Wildman–Crippen MR) is 88.5 cm³/mol. The molecule has 5 aromatic rings. The van der Waals surface area contributed by atoms with E-state index < -0.39 is 22.5 Å². The minimum Gasteiger partial charge on any atom is -0.386 e. The summed E-state index contributed by atoms with van der Waals surface area (Å²) >= 11 is 0. The van der Waals surface area contributed by atoms with Crippen LogP contribution in [0, 0.1) is 0 Å². The van der Waals surface area contributed by atoms with Gasteiger partial charge in [0.15, 0.2) is 0 Å². The van der Waals surface area contributed by atoms with E-state index in [0.717, 1.165) is 10.8 Å². The quantitative estimate of drug-likeness (QED) is 0.404. The molecule has 0 radical (unpaired) electrons. The summed E-state index contributed by atoms with van der Waals surface area (Å²) in [6.45, 7) is 0. The second-order valence-electron chi connectivity index (χ2n) is 5.66. The summed E-state index contributed by atoms with van der Waals surface area (Å²) in [6.07, 6.45) is 0. The van der Waals surface area contributed by atoms with E-state index >= 15 is 0 Å². The van der Waals surface area contributed by atoms with E-state index in [1.807, 2.05) is 0 Å². The topological polar surface area (TPSA) is 94.6 Å². The average molecular weight is 318 g/mol. The van der Waals surface area contributed by atoms with Crippen LogP contribution in [0.15, 0.2) is 64.4 Å². The van der Waals surface area contributed by atoms with Crippen molar-refractivity contribution in [1.29, 1.82) is 0 Å². The Kier molecular flexibility index (Phi) is 2.19. The van der Waals surface area contributed by atoms with Crippen LogP contribution < -0.4 is 22.5 Å². The molecule has 6 heteroatoms. The Morgan fingerprint density at radius 1 is 0.500 bits per heavy atom. The molecule has 24 heavy (non-hydrogen) atoms. The van der Waals surface area contributed by atoms with Crippen LogP contribution in [0.3, 0.4) is 0 Å². The Hall–Kier alpha value is -3.54. The third-order valence-electron chi connectivity index (χ3n) is 4.35. The molecule has 0 N–H and O–H groups in total. The minimum atomic E-state index is -0.690. The summed E-state index contributed by atoms with van der Waals surface area (Å²) in [6, 6.07) is 9.90. The minimum absolute atomic E-state index is 0.193. The molecular weight excluding hydrogens is 312 g/mol. The van der Waals surface area contributed by atoms with E-state index in [4.69, 9.17) is 0 Å². The van der Waals surface area contributed by atoms with Crippen LogP contribution in [-0.4, -0.2) is 0 Å². The standard InChI is InChI=1S/C18H6O6/c19-15-10-2-1-7-3-8-5-12-13(17(21)23-16(12)20)6-9(8)4-11(7)14(10)18(22)24-15/h1-6H. The van der Waals surface area contributed by atoms with Crippen molar-refractivity contribution in [3.63, 3.8) is 0 Å². The highest BCUT2D eigenvalue weighted by atomic mass is 16.4. The van der Waals surface area contributed by atoms with Crippen molar-refractivity contribution in [3.05, 3.63) is 78.1 Å². The lowest BCUT2D eigenvalue weighted by Gasteiger charge is -2.03.